The van der Waals surface area contributed by atoms with Gasteiger partial charge in [0.15, 0.2) is 0 Å². The largest absolute Gasteiger partial charge is 0.422 e. The van der Waals surface area contributed by atoms with E-state index in [-0.39, 0.29) is 0 Å². The smallest absolute Gasteiger partial charge is 0.372 e. The van der Waals surface area contributed by atoms with Crippen molar-refractivity contribution in [3.63, 3.8) is 0 Å². The third-order valence-corrected chi connectivity index (χ3v) is 2.39. The maximum absolute atomic E-state index is 10.8. The van der Waals surface area contributed by atoms with Crippen molar-refractivity contribution in [1.82, 2.24) is 0 Å². The summed E-state index contributed by atoms with van der Waals surface area (Å²) in [6.45, 7) is 0.969. The summed E-state index contributed by atoms with van der Waals surface area (Å²) in [5.41, 5.74) is 3.24. The van der Waals surface area contributed by atoms with Crippen LogP contribution in [0.15, 0.2) is 22.7 Å². The highest BCUT2D eigenvalue weighted by Gasteiger charge is 2.55. The molecule has 0 aromatic heterocycles. The molecule has 100 valence electrons. The summed E-state index contributed by atoms with van der Waals surface area (Å²) in [4.78, 5) is 30.9. The molecule has 19 heavy (non-hydrogen) atoms. The fraction of sp³-hybridized carbons (Fsp3) is 0.286. The number of hydrogen-bond acceptors (Lipinski definition) is 7. The average Bonchev–Trinajstić information content (AvgIpc) is 2.27. The summed E-state index contributed by atoms with van der Waals surface area (Å²) in [6.07, 6.45) is -2.23. The van der Waals surface area contributed by atoms with Crippen LogP contribution in [-0.4, -0.2) is 36.5 Å². The van der Waals surface area contributed by atoms with Gasteiger partial charge in [0, 0.05) is 0 Å². The zero-order chi connectivity index (χ0) is 14.9. The van der Waals surface area contributed by atoms with Crippen LogP contribution in [0.3, 0.4) is 0 Å². The first-order chi connectivity index (χ1) is 8.73. The lowest BCUT2D eigenvalue weighted by molar-refractivity contribution is -0.505. The monoisotopic (exact) mass is 271 g/mol. The quantitative estimate of drug-likeness (QED) is 0.305. The Morgan fingerprint density at radius 2 is 1.58 bits per heavy atom. The molecule has 12 nitrogen and oxygen atoms in total. The first-order valence-corrected chi connectivity index (χ1v) is 4.53. The van der Waals surface area contributed by atoms with Gasteiger partial charge in [0.2, 0.25) is 0 Å². The molecular formula is C7H5N5O7. The van der Waals surface area contributed by atoms with Gasteiger partial charge in [-0.3, -0.25) is 30.3 Å². The molecular weight excluding hydrogens is 266 g/mol. The van der Waals surface area contributed by atoms with Crippen LogP contribution in [0.5, 0.6) is 0 Å². The molecule has 0 aliphatic heterocycles. The Kier molecular flexibility index (Phi) is 3.50. The summed E-state index contributed by atoms with van der Waals surface area (Å²) < 4.78 is 0. The highest BCUT2D eigenvalue weighted by molar-refractivity contribution is 6.02. The standard InChI is InChI=1S/C7H5N5O7/c1-2-3(9-8)7(13)6(12(18)19)5(11(16)17)4(2)10(14)15/h7,13H,1H3. The predicted molar refractivity (Wildman–Crippen MR) is 55.3 cm³/mol. The van der Waals surface area contributed by atoms with Crippen LogP contribution in [-0.2, 0) is 0 Å². The van der Waals surface area contributed by atoms with Crippen LogP contribution in [0.4, 0.5) is 0 Å². The van der Waals surface area contributed by atoms with Crippen molar-refractivity contribution in [2.75, 3.05) is 0 Å². The lowest BCUT2D eigenvalue weighted by Gasteiger charge is -2.10. The Balaban J connectivity index is 3.86. The predicted octanol–water partition coefficient (Wildman–Crippen LogP) is -0.653. The van der Waals surface area contributed by atoms with Gasteiger partial charge in [0.25, 0.3) is 6.10 Å². The van der Waals surface area contributed by atoms with Gasteiger partial charge < -0.3 is 10.6 Å². The summed E-state index contributed by atoms with van der Waals surface area (Å²) >= 11 is 0. The number of nitro groups is 3. The molecule has 1 aliphatic carbocycles. The molecule has 0 heterocycles. The lowest BCUT2D eigenvalue weighted by Crippen LogP contribution is -2.37. The Labute approximate surface area is 103 Å². The van der Waals surface area contributed by atoms with Crippen LogP contribution in [0.25, 0.3) is 5.53 Å². The van der Waals surface area contributed by atoms with Crippen LogP contribution >= 0.6 is 0 Å². The first-order valence-electron chi connectivity index (χ1n) is 4.53. The zero-order valence-corrected chi connectivity index (χ0v) is 9.21. The van der Waals surface area contributed by atoms with Gasteiger partial charge in [-0.2, -0.15) is 4.79 Å². The Bertz CT molecular complexity index is 611. The minimum absolute atomic E-state index is 0.530. The summed E-state index contributed by atoms with van der Waals surface area (Å²) in [5, 5.41) is 41.8. The van der Waals surface area contributed by atoms with E-state index in [0.29, 0.717) is 0 Å². The van der Waals surface area contributed by atoms with E-state index in [1.54, 1.807) is 0 Å². The van der Waals surface area contributed by atoms with Crippen molar-refractivity contribution in [3.05, 3.63) is 58.5 Å². The molecule has 0 saturated heterocycles. The van der Waals surface area contributed by atoms with E-state index < -0.39 is 49.2 Å². The molecule has 0 fully saturated rings. The maximum atomic E-state index is 10.8. The van der Waals surface area contributed by atoms with Crippen LogP contribution in [0.2, 0.25) is 0 Å². The molecule has 0 aromatic carbocycles. The molecule has 1 aliphatic rings. The van der Waals surface area contributed by atoms with Gasteiger partial charge in [0.1, 0.15) is 5.57 Å². The highest BCUT2D eigenvalue weighted by atomic mass is 16.7. The molecule has 12 heteroatoms. The van der Waals surface area contributed by atoms with E-state index in [2.05, 4.69) is 4.79 Å². The summed E-state index contributed by atoms with van der Waals surface area (Å²) in [7, 11) is 0. The maximum Gasteiger partial charge on any atom is 0.422 e. The van der Waals surface area contributed by atoms with Crippen LogP contribution < -0.4 is 0 Å². The highest BCUT2D eigenvalue weighted by Crippen LogP contribution is 2.29. The van der Waals surface area contributed by atoms with Gasteiger partial charge in [-0.15, -0.1) is 0 Å². The third kappa shape index (κ3) is 2.08. The molecule has 0 spiro atoms. The van der Waals surface area contributed by atoms with Crippen molar-refractivity contribution >= 4 is 5.71 Å². The van der Waals surface area contributed by atoms with Gasteiger partial charge in [-0.1, -0.05) is 0 Å². The molecule has 1 rings (SSSR count). The number of nitrogens with zero attached hydrogens (tertiary/aromatic N) is 5. The molecule has 1 N–H and O–H groups in total. The Hall–Kier alpha value is -2.98. The summed E-state index contributed by atoms with van der Waals surface area (Å²) in [5.74, 6) is 0. The SMILES string of the molecule is CC1=C([N+](=O)[O-])C([N+](=O)[O-])=C([N+](=O)[O-])C(O)C1=[N+]=[N-]. The molecule has 1 unspecified atom stereocenters. The zero-order valence-electron chi connectivity index (χ0n) is 9.21. The van der Waals surface area contributed by atoms with Gasteiger partial charge >= 0.3 is 22.8 Å². The normalized spacial score (nSPS) is 19.3. The van der Waals surface area contributed by atoms with E-state index in [1.807, 2.05) is 0 Å². The molecule has 1 atom stereocenters. The third-order valence-electron chi connectivity index (χ3n) is 2.39. The average molecular weight is 271 g/mol. The fourth-order valence-electron chi connectivity index (χ4n) is 1.60. The number of hydrogen-bond donors (Lipinski definition) is 1. The second kappa shape index (κ2) is 4.72. The van der Waals surface area contributed by atoms with E-state index >= 15 is 0 Å². The van der Waals surface area contributed by atoms with Crippen molar-refractivity contribution in [2.45, 2.75) is 13.0 Å². The van der Waals surface area contributed by atoms with Crippen LogP contribution in [0, 0.1) is 30.3 Å². The Morgan fingerprint density at radius 1 is 1.11 bits per heavy atom. The van der Waals surface area contributed by atoms with Crippen molar-refractivity contribution in [3.8, 4) is 0 Å². The molecule has 0 amide bonds. The number of aliphatic hydroxyl groups is 1. The number of aliphatic hydroxyl groups excluding tert-OH is 1. The van der Waals surface area contributed by atoms with Gasteiger partial charge in [0.05, 0.1) is 14.8 Å². The fourth-order valence-corrected chi connectivity index (χ4v) is 1.60. The topological polar surface area (TPSA) is 186 Å². The van der Waals surface area contributed by atoms with Gasteiger partial charge in [-0.05, 0) is 6.92 Å². The molecule has 0 radical (unpaired) electrons. The summed E-state index contributed by atoms with van der Waals surface area (Å²) in [6, 6.07) is 0. The minimum Gasteiger partial charge on any atom is -0.372 e. The van der Waals surface area contributed by atoms with Crippen molar-refractivity contribution in [2.24, 2.45) is 0 Å². The molecule has 0 aromatic rings. The van der Waals surface area contributed by atoms with Gasteiger partial charge in [-0.25, -0.2) is 0 Å². The van der Waals surface area contributed by atoms with E-state index in [4.69, 9.17) is 5.53 Å². The molecule has 0 bridgehead atoms. The van der Waals surface area contributed by atoms with Crippen molar-refractivity contribution in [1.29, 1.82) is 0 Å². The second-order valence-corrected chi connectivity index (χ2v) is 3.37. The first kappa shape index (κ1) is 14.1. The van der Waals surface area contributed by atoms with E-state index in [9.17, 15) is 35.4 Å². The van der Waals surface area contributed by atoms with E-state index in [0.717, 1.165) is 6.92 Å². The van der Waals surface area contributed by atoms with E-state index in [1.165, 1.54) is 0 Å². The Morgan fingerprint density at radius 3 is 1.89 bits per heavy atom. The second-order valence-electron chi connectivity index (χ2n) is 3.37. The number of rotatable bonds is 3. The van der Waals surface area contributed by atoms with Crippen molar-refractivity contribution < 1.29 is 24.7 Å². The minimum atomic E-state index is -2.23. The lowest BCUT2D eigenvalue weighted by atomic mass is 9.94. The van der Waals surface area contributed by atoms with Crippen LogP contribution in [0.1, 0.15) is 6.92 Å². The molecule has 0 saturated carbocycles.